The third kappa shape index (κ3) is 5.86. The molecule has 6 nitrogen and oxygen atoms in total. The maximum Gasteiger partial charge on any atom is 0.328 e. The van der Waals surface area contributed by atoms with Gasteiger partial charge in [0.1, 0.15) is 11.8 Å². The van der Waals surface area contributed by atoms with Gasteiger partial charge in [0, 0.05) is 20.3 Å². The smallest absolute Gasteiger partial charge is 0.328 e. The van der Waals surface area contributed by atoms with Gasteiger partial charge in [0.2, 0.25) is 5.91 Å². The van der Waals surface area contributed by atoms with Gasteiger partial charge in [0.05, 0.1) is 7.11 Å². The predicted octanol–water partition coefficient (Wildman–Crippen LogP) is 3.08. The molecule has 0 unspecified atom stereocenters. The third-order valence-corrected chi connectivity index (χ3v) is 4.07. The molecule has 0 bridgehead atoms. The minimum Gasteiger partial charge on any atom is -0.467 e. The molecule has 0 aliphatic rings. The monoisotopic (exact) mass is 363 g/mol. The molecule has 0 radical (unpaired) electrons. The first kappa shape index (κ1) is 21.7. The van der Waals surface area contributed by atoms with Gasteiger partial charge in [0.15, 0.2) is 0 Å². The Morgan fingerprint density at radius 2 is 1.50 bits per heavy atom. The largest absolute Gasteiger partial charge is 0.467 e. The first-order valence-electron chi connectivity index (χ1n) is 8.76. The average molecular weight is 363 g/mol. The van der Waals surface area contributed by atoms with Crippen molar-refractivity contribution in [1.29, 1.82) is 0 Å². The fourth-order valence-corrected chi connectivity index (χ4v) is 2.96. The van der Waals surface area contributed by atoms with E-state index < -0.39 is 12.0 Å². The number of esters is 2. The van der Waals surface area contributed by atoms with E-state index in [0.717, 1.165) is 16.7 Å². The van der Waals surface area contributed by atoms with Crippen molar-refractivity contribution in [1.82, 2.24) is 5.32 Å². The molecule has 1 N–H and O–H groups in total. The van der Waals surface area contributed by atoms with Crippen molar-refractivity contribution in [3.63, 3.8) is 0 Å². The molecule has 0 aromatic heterocycles. The van der Waals surface area contributed by atoms with Crippen LogP contribution in [-0.4, -0.2) is 31.0 Å². The summed E-state index contributed by atoms with van der Waals surface area (Å²) in [5.74, 6) is -0.388. The van der Waals surface area contributed by atoms with Gasteiger partial charge in [0.25, 0.3) is 0 Å². The van der Waals surface area contributed by atoms with Crippen molar-refractivity contribution in [2.45, 2.75) is 65.8 Å². The lowest BCUT2D eigenvalue weighted by Crippen LogP contribution is -2.42. The van der Waals surface area contributed by atoms with Crippen LogP contribution in [0.15, 0.2) is 12.1 Å². The van der Waals surface area contributed by atoms with Gasteiger partial charge in [-0.25, -0.2) is 4.79 Å². The molecule has 0 fully saturated rings. The molecule has 0 saturated heterocycles. The summed E-state index contributed by atoms with van der Waals surface area (Å²) in [6.45, 7) is 10.9. The van der Waals surface area contributed by atoms with Crippen LogP contribution in [0.25, 0.3) is 0 Å². The highest BCUT2D eigenvalue weighted by molar-refractivity contribution is 5.83. The number of nitrogens with one attached hydrogen (secondary N) is 1. The minimum absolute atomic E-state index is 0.147. The van der Waals surface area contributed by atoms with Gasteiger partial charge in [-0.3, -0.25) is 9.59 Å². The summed E-state index contributed by atoms with van der Waals surface area (Å²) in [5, 5.41) is 2.66. The third-order valence-electron chi connectivity index (χ3n) is 4.07. The lowest BCUT2D eigenvalue weighted by molar-refractivity contribution is -0.144. The Labute approximate surface area is 155 Å². The topological polar surface area (TPSA) is 81.7 Å². The zero-order valence-corrected chi connectivity index (χ0v) is 16.6. The van der Waals surface area contributed by atoms with Crippen LogP contribution >= 0.6 is 0 Å². The van der Waals surface area contributed by atoms with E-state index in [-0.39, 0.29) is 23.7 Å². The first-order valence-corrected chi connectivity index (χ1v) is 8.76. The second kappa shape index (κ2) is 9.36. The second-order valence-electron chi connectivity index (χ2n) is 6.96. The van der Waals surface area contributed by atoms with E-state index in [1.165, 1.54) is 21.0 Å². The van der Waals surface area contributed by atoms with Gasteiger partial charge in [-0.15, -0.1) is 0 Å². The van der Waals surface area contributed by atoms with Crippen LogP contribution in [0.5, 0.6) is 5.75 Å². The molecule has 0 spiro atoms. The molecular formula is C20H29NO5. The summed E-state index contributed by atoms with van der Waals surface area (Å²) in [6.07, 6.45) is 0.313. The molecule has 6 heteroatoms. The zero-order valence-electron chi connectivity index (χ0n) is 16.6. The summed E-state index contributed by atoms with van der Waals surface area (Å²) in [5.41, 5.74) is 2.92. The molecule has 0 aliphatic carbocycles. The highest BCUT2D eigenvalue weighted by Crippen LogP contribution is 2.33. The molecule has 1 aromatic carbocycles. The van der Waals surface area contributed by atoms with Gasteiger partial charge in [-0.2, -0.15) is 0 Å². The number of benzene rings is 1. The Kier molecular flexibility index (Phi) is 7.80. The van der Waals surface area contributed by atoms with Crippen LogP contribution < -0.4 is 10.1 Å². The van der Waals surface area contributed by atoms with Crippen LogP contribution in [0.2, 0.25) is 0 Å². The van der Waals surface area contributed by atoms with E-state index >= 15 is 0 Å². The van der Waals surface area contributed by atoms with E-state index in [4.69, 9.17) is 9.47 Å². The van der Waals surface area contributed by atoms with Crippen LogP contribution in [0.3, 0.4) is 0 Å². The molecule has 1 rings (SSSR count). The molecule has 1 aromatic rings. The summed E-state index contributed by atoms with van der Waals surface area (Å²) in [6, 6.07) is 2.89. The maximum atomic E-state index is 12.1. The highest BCUT2D eigenvalue weighted by Gasteiger charge is 2.25. The van der Waals surface area contributed by atoms with Crippen molar-refractivity contribution in [3.05, 3.63) is 28.8 Å². The van der Waals surface area contributed by atoms with Crippen molar-refractivity contribution < 1.29 is 23.9 Å². The molecule has 0 aliphatic heterocycles. The molecule has 0 saturated carbocycles. The summed E-state index contributed by atoms with van der Waals surface area (Å²) < 4.78 is 10.1. The Morgan fingerprint density at radius 3 is 1.85 bits per heavy atom. The van der Waals surface area contributed by atoms with Crippen molar-refractivity contribution in [3.8, 4) is 5.75 Å². The highest BCUT2D eigenvalue weighted by atomic mass is 16.5. The molecule has 1 atom stereocenters. The summed E-state index contributed by atoms with van der Waals surface area (Å²) in [4.78, 5) is 35.0. The number of hydrogen-bond donors (Lipinski definition) is 1. The molecule has 144 valence electrons. The Balaban J connectivity index is 3.47. The Hall–Kier alpha value is -2.37. The fraction of sp³-hybridized carbons (Fsp3) is 0.550. The van der Waals surface area contributed by atoms with E-state index in [1.807, 2.05) is 39.8 Å². The SMILES string of the molecule is COC(=O)[C@H](Cc1c(C(C)C)cc(OC(C)=O)cc1C(C)C)NC(C)=O. The quantitative estimate of drug-likeness (QED) is 0.595. The maximum absolute atomic E-state index is 12.1. The molecule has 26 heavy (non-hydrogen) atoms. The number of carbonyl (C=O) groups excluding carboxylic acids is 3. The van der Waals surface area contributed by atoms with Crippen molar-refractivity contribution >= 4 is 17.8 Å². The van der Waals surface area contributed by atoms with E-state index in [0.29, 0.717) is 12.2 Å². The number of ether oxygens (including phenoxy) is 2. The van der Waals surface area contributed by atoms with E-state index in [9.17, 15) is 14.4 Å². The number of hydrogen-bond acceptors (Lipinski definition) is 5. The normalized spacial score (nSPS) is 12.0. The predicted molar refractivity (Wildman–Crippen MR) is 99.3 cm³/mol. The summed E-state index contributed by atoms with van der Waals surface area (Å²) in [7, 11) is 1.30. The first-order chi connectivity index (χ1) is 12.1. The number of carbonyl (C=O) groups is 3. The lowest BCUT2D eigenvalue weighted by Gasteiger charge is -2.24. The lowest BCUT2D eigenvalue weighted by atomic mass is 9.85. The number of methoxy groups -OCH3 is 1. The van der Waals surface area contributed by atoms with Gasteiger partial charge >= 0.3 is 11.9 Å². The Morgan fingerprint density at radius 1 is 1.00 bits per heavy atom. The Bertz CT molecular complexity index is 650. The van der Waals surface area contributed by atoms with Crippen LogP contribution in [-0.2, 0) is 25.5 Å². The average Bonchev–Trinajstić information content (AvgIpc) is 2.52. The zero-order chi connectivity index (χ0) is 20.0. The second-order valence-corrected chi connectivity index (χ2v) is 6.96. The molecule has 0 heterocycles. The minimum atomic E-state index is -0.771. The van der Waals surface area contributed by atoms with Crippen molar-refractivity contribution in [2.24, 2.45) is 0 Å². The summed E-state index contributed by atoms with van der Waals surface area (Å²) >= 11 is 0. The fourth-order valence-electron chi connectivity index (χ4n) is 2.96. The number of rotatable bonds is 7. The standard InChI is InChI=1S/C20H29NO5/c1-11(2)16-8-15(26-14(6)23)9-17(12(3)4)18(16)10-19(20(24)25-7)21-13(5)22/h8-9,11-12,19H,10H2,1-7H3,(H,21,22)/t19-/m0/s1. The van der Waals surface area contributed by atoms with Crippen LogP contribution in [0.1, 0.15) is 70.1 Å². The van der Waals surface area contributed by atoms with Crippen LogP contribution in [0, 0.1) is 0 Å². The van der Waals surface area contributed by atoms with Gasteiger partial charge in [-0.05, 0) is 40.7 Å². The molecule has 1 amide bonds. The molecular weight excluding hydrogens is 334 g/mol. The number of amides is 1. The van der Waals surface area contributed by atoms with E-state index in [2.05, 4.69) is 5.32 Å². The van der Waals surface area contributed by atoms with Gasteiger partial charge < -0.3 is 14.8 Å². The van der Waals surface area contributed by atoms with Gasteiger partial charge in [-0.1, -0.05) is 27.7 Å². The van der Waals surface area contributed by atoms with Crippen molar-refractivity contribution in [2.75, 3.05) is 7.11 Å². The van der Waals surface area contributed by atoms with E-state index in [1.54, 1.807) is 0 Å². The van der Waals surface area contributed by atoms with Crippen LogP contribution in [0.4, 0.5) is 0 Å².